The van der Waals surface area contributed by atoms with Gasteiger partial charge in [0.1, 0.15) is 18.0 Å². The van der Waals surface area contributed by atoms with E-state index in [0.29, 0.717) is 24.0 Å². The molecule has 1 aliphatic rings. The lowest BCUT2D eigenvalue weighted by molar-refractivity contribution is 0.0548. The molecule has 4 aromatic rings. The first-order valence-electron chi connectivity index (χ1n) is 12.8. The molecule has 0 aliphatic heterocycles. The second kappa shape index (κ2) is 11.8. The highest BCUT2D eigenvalue weighted by Crippen LogP contribution is 2.35. The molecule has 0 unspecified atom stereocenters. The number of carbonyl (C=O) groups excluding carboxylic acids is 3. The van der Waals surface area contributed by atoms with Crippen molar-refractivity contribution >= 4 is 46.6 Å². The molecule has 2 aromatic carbocycles. The Morgan fingerprint density at radius 3 is 2.67 bits per heavy atom. The van der Waals surface area contributed by atoms with Crippen LogP contribution in [0.1, 0.15) is 66.1 Å². The van der Waals surface area contributed by atoms with Gasteiger partial charge in [-0.1, -0.05) is 41.9 Å². The standard InChI is InChI=1S/C29H24Cl2FN5O5/c1-3-8-42-29(41)17-4-5-18-16(14(17)2)6-7-22(18)36-28(40)24-11-23(35-26-21(32)13-34-37(24)26)27(39)33-12-15-9-19(30)25(38)20(31)10-15/h3-5,9-11,13,22,38H,1,6-8,12H2,2H3,(H,33,39)(H,36,40)/t22-/m0/s1. The molecular weight excluding hydrogens is 588 g/mol. The van der Waals surface area contributed by atoms with Gasteiger partial charge in [-0.2, -0.15) is 5.10 Å². The second-order valence-corrected chi connectivity index (χ2v) is 10.4. The molecule has 1 atom stereocenters. The van der Waals surface area contributed by atoms with Crippen LogP contribution in [0.3, 0.4) is 0 Å². The SMILES string of the molecule is C=CCOC(=O)c1ccc2c(c1C)CC[C@@H]2NC(=O)c1cc(C(=O)NCc2cc(Cl)c(O)c(Cl)c2)nc2c(F)cnn12. The monoisotopic (exact) mass is 611 g/mol. The molecule has 0 saturated heterocycles. The van der Waals surface area contributed by atoms with Crippen molar-refractivity contribution in [1.82, 2.24) is 25.2 Å². The average Bonchev–Trinajstić information content (AvgIpc) is 3.56. The number of amides is 2. The normalized spacial score (nSPS) is 14.0. The van der Waals surface area contributed by atoms with Crippen LogP contribution >= 0.6 is 23.2 Å². The number of benzene rings is 2. The molecule has 2 heterocycles. The van der Waals surface area contributed by atoms with E-state index >= 15 is 0 Å². The molecule has 2 amide bonds. The van der Waals surface area contributed by atoms with Crippen molar-refractivity contribution in [2.45, 2.75) is 32.4 Å². The zero-order valence-corrected chi connectivity index (χ0v) is 23.7. The lowest BCUT2D eigenvalue weighted by Gasteiger charge is -2.16. The number of aromatic nitrogens is 3. The van der Waals surface area contributed by atoms with Crippen molar-refractivity contribution in [2.75, 3.05) is 6.61 Å². The van der Waals surface area contributed by atoms with Crippen LogP contribution in [-0.4, -0.2) is 44.1 Å². The first-order chi connectivity index (χ1) is 20.1. The summed E-state index contributed by atoms with van der Waals surface area (Å²) >= 11 is 11.9. The maximum Gasteiger partial charge on any atom is 0.338 e. The molecule has 0 saturated carbocycles. The summed E-state index contributed by atoms with van der Waals surface area (Å²) in [6.07, 6.45) is 3.59. The van der Waals surface area contributed by atoms with E-state index in [1.54, 1.807) is 12.1 Å². The summed E-state index contributed by atoms with van der Waals surface area (Å²) in [7, 11) is 0. The van der Waals surface area contributed by atoms with E-state index in [0.717, 1.165) is 27.4 Å². The van der Waals surface area contributed by atoms with Gasteiger partial charge in [-0.3, -0.25) is 9.59 Å². The minimum Gasteiger partial charge on any atom is -0.505 e. The molecule has 0 fully saturated rings. The number of carbonyl (C=O) groups is 3. The first-order valence-corrected chi connectivity index (χ1v) is 13.5. The van der Waals surface area contributed by atoms with Crippen LogP contribution < -0.4 is 10.6 Å². The van der Waals surface area contributed by atoms with Gasteiger partial charge in [0.25, 0.3) is 11.8 Å². The molecule has 1 aliphatic carbocycles. The molecule has 0 radical (unpaired) electrons. The summed E-state index contributed by atoms with van der Waals surface area (Å²) in [6.45, 7) is 5.45. The lowest BCUT2D eigenvalue weighted by atomic mass is 9.98. The largest absolute Gasteiger partial charge is 0.505 e. The topological polar surface area (TPSA) is 135 Å². The number of aromatic hydroxyl groups is 1. The highest BCUT2D eigenvalue weighted by atomic mass is 35.5. The van der Waals surface area contributed by atoms with Crippen molar-refractivity contribution in [3.63, 3.8) is 0 Å². The Labute approximate surface area is 249 Å². The second-order valence-electron chi connectivity index (χ2n) is 9.60. The van der Waals surface area contributed by atoms with E-state index in [9.17, 15) is 23.9 Å². The predicted molar refractivity (Wildman–Crippen MR) is 152 cm³/mol. The molecule has 0 bridgehead atoms. The number of nitrogens with zero attached hydrogens (tertiary/aromatic N) is 3. The van der Waals surface area contributed by atoms with Gasteiger partial charge in [-0.05, 0) is 60.2 Å². The minimum atomic E-state index is -0.812. The first kappa shape index (κ1) is 29.0. The van der Waals surface area contributed by atoms with Gasteiger partial charge in [0.2, 0.25) is 0 Å². The Balaban J connectivity index is 1.38. The van der Waals surface area contributed by atoms with Crippen LogP contribution in [0.15, 0.2) is 49.2 Å². The zero-order chi connectivity index (χ0) is 30.1. The van der Waals surface area contributed by atoms with E-state index in [2.05, 4.69) is 27.3 Å². The number of ether oxygens (including phenoxy) is 1. The quantitative estimate of drug-likeness (QED) is 0.191. The number of halogens is 3. The van der Waals surface area contributed by atoms with Gasteiger partial charge in [0.15, 0.2) is 17.2 Å². The average molecular weight is 612 g/mol. The minimum absolute atomic E-state index is 0.0131. The molecule has 3 N–H and O–H groups in total. The van der Waals surface area contributed by atoms with E-state index in [4.69, 9.17) is 27.9 Å². The van der Waals surface area contributed by atoms with Crippen molar-refractivity contribution in [3.8, 4) is 5.75 Å². The van der Waals surface area contributed by atoms with Gasteiger partial charge < -0.3 is 20.5 Å². The smallest absolute Gasteiger partial charge is 0.338 e. The summed E-state index contributed by atoms with van der Waals surface area (Å²) in [4.78, 5) is 42.9. The van der Waals surface area contributed by atoms with Crippen molar-refractivity contribution < 1.29 is 28.6 Å². The Kier molecular flexibility index (Phi) is 8.15. The Hall–Kier alpha value is -4.48. The lowest BCUT2D eigenvalue weighted by Crippen LogP contribution is -2.30. The fourth-order valence-corrected chi connectivity index (χ4v) is 5.44. The van der Waals surface area contributed by atoms with E-state index < -0.39 is 29.6 Å². The highest BCUT2D eigenvalue weighted by Gasteiger charge is 2.29. The maximum atomic E-state index is 14.5. The van der Waals surface area contributed by atoms with Gasteiger partial charge in [-0.25, -0.2) is 18.7 Å². The number of hydrogen-bond donors (Lipinski definition) is 3. The van der Waals surface area contributed by atoms with Crippen molar-refractivity contribution in [3.05, 3.63) is 104 Å². The maximum absolute atomic E-state index is 14.5. The van der Waals surface area contributed by atoms with Crippen LogP contribution in [0, 0.1) is 12.7 Å². The van der Waals surface area contributed by atoms with Crippen LogP contribution in [0.5, 0.6) is 5.75 Å². The molecule has 0 spiro atoms. The Morgan fingerprint density at radius 2 is 1.95 bits per heavy atom. The Morgan fingerprint density at radius 1 is 1.21 bits per heavy atom. The zero-order valence-electron chi connectivity index (χ0n) is 22.2. The third kappa shape index (κ3) is 5.53. The van der Waals surface area contributed by atoms with Crippen LogP contribution in [-0.2, 0) is 17.7 Å². The molecule has 216 valence electrons. The molecule has 13 heteroatoms. The van der Waals surface area contributed by atoms with Crippen LogP contribution in [0.4, 0.5) is 4.39 Å². The van der Waals surface area contributed by atoms with Crippen molar-refractivity contribution in [1.29, 1.82) is 0 Å². The fourth-order valence-electron chi connectivity index (χ4n) is 4.90. The number of esters is 1. The molecule has 10 nitrogen and oxygen atoms in total. The number of rotatable bonds is 8. The van der Waals surface area contributed by atoms with Gasteiger partial charge >= 0.3 is 5.97 Å². The molecule has 2 aromatic heterocycles. The summed E-state index contributed by atoms with van der Waals surface area (Å²) in [5.41, 5.74) is 2.89. The van der Waals surface area contributed by atoms with E-state index in [1.807, 2.05) is 6.92 Å². The number of phenols is 1. The number of nitrogens with one attached hydrogen (secondary N) is 2. The number of phenolic OH excluding ortho intramolecular Hbond substituents is 1. The third-order valence-corrected chi connectivity index (χ3v) is 7.55. The van der Waals surface area contributed by atoms with E-state index in [-0.39, 0.29) is 46.0 Å². The summed E-state index contributed by atoms with van der Waals surface area (Å²) < 4.78 is 20.7. The number of fused-ring (bicyclic) bond motifs is 2. The molecular formula is C29H24Cl2FN5O5. The predicted octanol–water partition coefficient (Wildman–Crippen LogP) is 4.88. The van der Waals surface area contributed by atoms with Gasteiger partial charge in [0, 0.05) is 12.6 Å². The van der Waals surface area contributed by atoms with Crippen LogP contribution in [0.2, 0.25) is 10.0 Å². The molecule has 5 rings (SSSR count). The van der Waals surface area contributed by atoms with E-state index in [1.165, 1.54) is 24.3 Å². The third-order valence-electron chi connectivity index (χ3n) is 6.97. The Bertz CT molecular complexity index is 1750. The highest BCUT2D eigenvalue weighted by molar-refractivity contribution is 6.37. The van der Waals surface area contributed by atoms with Gasteiger partial charge in [-0.15, -0.1) is 0 Å². The van der Waals surface area contributed by atoms with Gasteiger partial charge in [0.05, 0.1) is 27.8 Å². The fraction of sp³-hybridized carbons (Fsp3) is 0.207. The molecule has 42 heavy (non-hydrogen) atoms. The number of hydrogen-bond acceptors (Lipinski definition) is 7. The summed E-state index contributed by atoms with van der Waals surface area (Å²) in [5.74, 6) is -2.83. The summed E-state index contributed by atoms with van der Waals surface area (Å²) in [6, 6.07) is 7.14. The van der Waals surface area contributed by atoms with Crippen molar-refractivity contribution in [2.24, 2.45) is 0 Å². The summed E-state index contributed by atoms with van der Waals surface area (Å²) in [5, 5.41) is 19.3. The van der Waals surface area contributed by atoms with Crippen LogP contribution in [0.25, 0.3) is 5.65 Å².